The van der Waals surface area contributed by atoms with Gasteiger partial charge in [-0.2, -0.15) is 5.10 Å². The topological polar surface area (TPSA) is 59.8 Å². The van der Waals surface area contributed by atoms with Crippen molar-refractivity contribution in [3.63, 3.8) is 0 Å². The maximum Gasteiger partial charge on any atom is 0.252 e. The number of fused-ring (bicyclic) bond motifs is 1. The van der Waals surface area contributed by atoms with Gasteiger partial charge >= 0.3 is 0 Å². The quantitative estimate of drug-likeness (QED) is 0.942. The third-order valence-electron chi connectivity index (χ3n) is 3.77. The first-order chi connectivity index (χ1) is 10.4. The normalized spacial score (nSPS) is 12.7. The van der Waals surface area contributed by atoms with Gasteiger partial charge in [0.1, 0.15) is 0 Å². The third-order valence-corrected chi connectivity index (χ3v) is 3.77. The van der Waals surface area contributed by atoms with Crippen molar-refractivity contribution < 1.29 is 4.79 Å². The molecule has 1 N–H and O–H groups in total. The monoisotopic (exact) mass is 316 g/mol. The summed E-state index contributed by atoms with van der Waals surface area (Å²) in [5, 5.41) is 8.42. The summed E-state index contributed by atoms with van der Waals surface area (Å²) in [6, 6.07) is 1.85. The van der Waals surface area contributed by atoms with Gasteiger partial charge in [0.15, 0.2) is 5.65 Å². The Kier molecular flexibility index (Phi) is 4.26. The highest BCUT2D eigenvalue weighted by Gasteiger charge is 2.28. The summed E-state index contributed by atoms with van der Waals surface area (Å²) in [7, 11) is 1.85. The largest absolute Gasteiger partial charge is 0.347 e. The average Bonchev–Trinajstić information content (AvgIpc) is 2.60. The minimum Gasteiger partial charge on any atom is -0.347 e. The fraction of sp³-hybridized carbons (Fsp3) is 0.611. The molecule has 0 spiro atoms. The summed E-state index contributed by atoms with van der Waals surface area (Å²) in [5.74, 6) is -0.0640. The van der Waals surface area contributed by atoms with Crippen molar-refractivity contribution in [3.8, 4) is 0 Å². The second-order valence-electron chi connectivity index (χ2n) is 8.29. The number of nitrogens with one attached hydrogen (secondary N) is 1. The van der Waals surface area contributed by atoms with Crippen molar-refractivity contribution in [2.75, 3.05) is 0 Å². The van der Waals surface area contributed by atoms with Crippen LogP contribution in [0.1, 0.15) is 62.8 Å². The minimum absolute atomic E-state index is 0.0640. The molecule has 1 amide bonds. The van der Waals surface area contributed by atoms with E-state index in [1.54, 1.807) is 4.68 Å². The highest BCUT2D eigenvalue weighted by atomic mass is 16.1. The number of hydrogen-bond acceptors (Lipinski definition) is 3. The molecule has 0 aliphatic heterocycles. The molecule has 0 fully saturated rings. The number of amides is 1. The van der Waals surface area contributed by atoms with E-state index in [-0.39, 0.29) is 16.9 Å². The van der Waals surface area contributed by atoms with E-state index >= 15 is 0 Å². The van der Waals surface area contributed by atoms with Crippen LogP contribution in [0.3, 0.4) is 0 Å². The van der Waals surface area contributed by atoms with Crippen LogP contribution in [0.25, 0.3) is 11.0 Å². The number of carbonyl (C=O) groups is 1. The summed E-state index contributed by atoms with van der Waals surface area (Å²) in [6.07, 6.45) is 0.894. The van der Waals surface area contributed by atoms with Gasteiger partial charge in [0, 0.05) is 18.3 Å². The van der Waals surface area contributed by atoms with Crippen LogP contribution in [0.15, 0.2) is 6.07 Å². The first-order valence-corrected chi connectivity index (χ1v) is 8.03. The van der Waals surface area contributed by atoms with Crippen LogP contribution in [-0.2, 0) is 7.05 Å². The van der Waals surface area contributed by atoms with Gasteiger partial charge in [-0.05, 0) is 45.6 Å². The van der Waals surface area contributed by atoms with Crippen LogP contribution < -0.4 is 5.32 Å². The molecular formula is C18H28N4O. The van der Waals surface area contributed by atoms with E-state index < -0.39 is 0 Å². The van der Waals surface area contributed by atoms with Crippen molar-refractivity contribution in [1.29, 1.82) is 0 Å². The number of aromatic nitrogens is 3. The zero-order valence-corrected chi connectivity index (χ0v) is 15.5. The van der Waals surface area contributed by atoms with Crippen LogP contribution in [-0.4, -0.2) is 26.2 Å². The van der Waals surface area contributed by atoms with Gasteiger partial charge in [-0.1, -0.05) is 20.8 Å². The molecule has 2 aromatic heterocycles. The molecule has 126 valence electrons. The maximum absolute atomic E-state index is 12.9. The van der Waals surface area contributed by atoms with E-state index in [1.165, 1.54) is 0 Å². The zero-order valence-electron chi connectivity index (χ0n) is 15.5. The highest BCUT2D eigenvalue weighted by molar-refractivity contribution is 6.06. The van der Waals surface area contributed by atoms with Gasteiger partial charge in [0.05, 0.1) is 16.6 Å². The first-order valence-electron chi connectivity index (χ1n) is 8.03. The summed E-state index contributed by atoms with van der Waals surface area (Å²) in [5.41, 5.74) is 2.91. The molecule has 23 heavy (non-hydrogen) atoms. The predicted octanol–water partition coefficient (Wildman–Crippen LogP) is 3.53. The van der Waals surface area contributed by atoms with E-state index in [2.05, 4.69) is 50.0 Å². The molecule has 0 bridgehead atoms. The number of rotatable bonds is 3. The van der Waals surface area contributed by atoms with Crippen LogP contribution in [0, 0.1) is 19.3 Å². The predicted molar refractivity (Wildman–Crippen MR) is 93.6 cm³/mol. The molecule has 2 aromatic rings. The standard InChI is InChI=1S/C18H28N4O/c1-11-9-13(14-12(2)21-22(8)15(14)19-11)16(23)20-18(6,7)10-17(3,4)5/h9H,10H2,1-8H3,(H,20,23). The van der Waals surface area contributed by atoms with Crippen LogP contribution >= 0.6 is 0 Å². The first kappa shape index (κ1) is 17.4. The maximum atomic E-state index is 12.9. The smallest absolute Gasteiger partial charge is 0.252 e. The van der Waals surface area contributed by atoms with E-state index in [0.29, 0.717) is 5.56 Å². The summed E-state index contributed by atoms with van der Waals surface area (Å²) >= 11 is 0. The fourth-order valence-corrected chi connectivity index (χ4v) is 3.49. The average molecular weight is 316 g/mol. The van der Waals surface area contributed by atoms with Crippen molar-refractivity contribution in [2.45, 2.75) is 60.4 Å². The molecule has 0 saturated heterocycles. The number of nitrogens with zero attached hydrogens (tertiary/aromatic N) is 3. The minimum atomic E-state index is -0.283. The molecule has 0 aliphatic rings. The molecule has 2 heterocycles. The highest BCUT2D eigenvalue weighted by Crippen LogP contribution is 2.28. The molecule has 0 atom stereocenters. The van der Waals surface area contributed by atoms with Gasteiger partial charge < -0.3 is 5.32 Å². The van der Waals surface area contributed by atoms with Crippen molar-refractivity contribution in [1.82, 2.24) is 20.1 Å². The molecule has 0 aromatic carbocycles. The van der Waals surface area contributed by atoms with E-state index in [0.717, 1.165) is 28.8 Å². The number of hydrogen-bond donors (Lipinski definition) is 1. The molecule has 0 aliphatic carbocycles. The molecule has 0 saturated carbocycles. The van der Waals surface area contributed by atoms with Gasteiger partial charge in [-0.3, -0.25) is 9.48 Å². The molecule has 5 nitrogen and oxygen atoms in total. The Bertz CT molecular complexity index is 750. The van der Waals surface area contributed by atoms with Gasteiger partial charge in [-0.25, -0.2) is 4.98 Å². The summed E-state index contributed by atoms with van der Waals surface area (Å²) in [6.45, 7) is 14.5. The second kappa shape index (κ2) is 5.62. The second-order valence-corrected chi connectivity index (χ2v) is 8.29. The van der Waals surface area contributed by atoms with Crippen molar-refractivity contribution in [3.05, 3.63) is 23.0 Å². The number of carbonyl (C=O) groups excluding carboxylic acids is 1. The Morgan fingerprint density at radius 2 is 1.83 bits per heavy atom. The lowest BCUT2D eigenvalue weighted by Crippen LogP contribution is -2.45. The van der Waals surface area contributed by atoms with Crippen LogP contribution in [0.4, 0.5) is 0 Å². The molecular weight excluding hydrogens is 288 g/mol. The third kappa shape index (κ3) is 3.89. The summed E-state index contributed by atoms with van der Waals surface area (Å²) in [4.78, 5) is 17.4. The lowest BCUT2D eigenvalue weighted by molar-refractivity contribution is 0.0893. The van der Waals surface area contributed by atoms with E-state index in [1.807, 2.05) is 27.0 Å². The van der Waals surface area contributed by atoms with Gasteiger partial charge in [0.2, 0.25) is 0 Å². The Morgan fingerprint density at radius 1 is 1.22 bits per heavy atom. The van der Waals surface area contributed by atoms with Crippen molar-refractivity contribution >= 4 is 16.9 Å². The molecule has 0 unspecified atom stereocenters. The number of aryl methyl sites for hydroxylation is 3. The number of pyridine rings is 1. The Labute approximate surface area is 138 Å². The van der Waals surface area contributed by atoms with Crippen LogP contribution in [0.2, 0.25) is 0 Å². The lowest BCUT2D eigenvalue weighted by atomic mass is 9.81. The summed E-state index contributed by atoms with van der Waals surface area (Å²) < 4.78 is 1.73. The Balaban J connectivity index is 2.42. The molecule has 5 heteroatoms. The molecule has 0 radical (unpaired) electrons. The zero-order chi connectivity index (χ0) is 17.6. The van der Waals surface area contributed by atoms with Crippen LogP contribution in [0.5, 0.6) is 0 Å². The molecule has 2 rings (SSSR count). The van der Waals surface area contributed by atoms with Gasteiger partial charge in [-0.15, -0.1) is 0 Å². The van der Waals surface area contributed by atoms with E-state index in [9.17, 15) is 4.79 Å². The van der Waals surface area contributed by atoms with E-state index in [4.69, 9.17) is 0 Å². The van der Waals surface area contributed by atoms with Gasteiger partial charge in [0.25, 0.3) is 5.91 Å². The Hall–Kier alpha value is -1.91. The lowest BCUT2D eigenvalue weighted by Gasteiger charge is -2.33. The fourth-order valence-electron chi connectivity index (χ4n) is 3.49. The SMILES string of the molecule is Cc1cc(C(=O)NC(C)(C)CC(C)(C)C)c2c(C)nn(C)c2n1. The van der Waals surface area contributed by atoms with Crippen molar-refractivity contribution in [2.24, 2.45) is 12.5 Å². The Morgan fingerprint density at radius 3 is 2.39 bits per heavy atom.